The summed E-state index contributed by atoms with van der Waals surface area (Å²) in [6.07, 6.45) is 1.57. The van der Waals surface area contributed by atoms with E-state index >= 15 is 0 Å². The number of nitrogens with one attached hydrogen (secondary N) is 1. The number of para-hydroxylation sites is 1. The molecule has 2 rings (SSSR count). The van der Waals surface area contributed by atoms with Crippen LogP contribution in [0.4, 0.5) is 14.5 Å². The van der Waals surface area contributed by atoms with Gasteiger partial charge in [-0.15, -0.1) is 0 Å². The molecule has 0 aliphatic carbocycles. The highest BCUT2D eigenvalue weighted by Crippen LogP contribution is 2.29. The van der Waals surface area contributed by atoms with Crippen LogP contribution >= 0.6 is 11.6 Å². The minimum Gasteiger partial charge on any atom is -0.434 e. The third-order valence-electron chi connectivity index (χ3n) is 2.71. The van der Waals surface area contributed by atoms with Gasteiger partial charge in [-0.2, -0.15) is 8.78 Å². The molecular formula is C14H13ClF2N2O. The molecule has 1 unspecified atom stereocenters. The number of benzene rings is 1. The van der Waals surface area contributed by atoms with Crippen LogP contribution in [0.5, 0.6) is 5.75 Å². The molecule has 106 valence electrons. The number of halogens is 3. The molecule has 1 aromatic carbocycles. The van der Waals surface area contributed by atoms with Crippen LogP contribution < -0.4 is 10.1 Å². The van der Waals surface area contributed by atoms with Gasteiger partial charge in [0.25, 0.3) is 0 Å². The van der Waals surface area contributed by atoms with Crippen LogP contribution in [0, 0.1) is 0 Å². The molecule has 0 fully saturated rings. The molecule has 0 aliphatic rings. The largest absolute Gasteiger partial charge is 0.434 e. The van der Waals surface area contributed by atoms with Gasteiger partial charge in [-0.25, -0.2) is 4.98 Å². The van der Waals surface area contributed by atoms with Crippen LogP contribution in [0.1, 0.15) is 18.5 Å². The second kappa shape index (κ2) is 6.52. The summed E-state index contributed by atoms with van der Waals surface area (Å²) in [6, 6.07) is 9.86. The van der Waals surface area contributed by atoms with Crippen molar-refractivity contribution in [3.05, 3.63) is 53.3 Å². The lowest BCUT2D eigenvalue weighted by Gasteiger charge is -2.19. The van der Waals surface area contributed by atoms with Gasteiger partial charge in [-0.05, 0) is 25.1 Å². The van der Waals surface area contributed by atoms with Crippen LogP contribution in [0.15, 0.2) is 42.6 Å². The number of alkyl halides is 2. The van der Waals surface area contributed by atoms with Gasteiger partial charge in [0.05, 0.1) is 6.04 Å². The summed E-state index contributed by atoms with van der Waals surface area (Å²) in [5, 5.41) is 3.52. The molecule has 2 aromatic rings. The molecule has 0 saturated heterocycles. The Hall–Kier alpha value is -1.88. The van der Waals surface area contributed by atoms with E-state index in [2.05, 4.69) is 15.0 Å². The summed E-state index contributed by atoms with van der Waals surface area (Å²) < 4.78 is 29.3. The van der Waals surface area contributed by atoms with Crippen LogP contribution in [0.2, 0.25) is 5.15 Å². The molecule has 0 bridgehead atoms. The van der Waals surface area contributed by atoms with E-state index in [4.69, 9.17) is 11.6 Å². The van der Waals surface area contributed by atoms with Gasteiger partial charge >= 0.3 is 6.61 Å². The van der Waals surface area contributed by atoms with Gasteiger partial charge in [0.1, 0.15) is 10.9 Å². The van der Waals surface area contributed by atoms with E-state index in [1.807, 2.05) is 6.92 Å². The van der Waals surface area contributed by atoms with Crippen LogP contribution in [0.3, 0.4) is 0 Å². The van der Waals surface area contributed by atoms with Gasteiger partial charge in [0, 0.05) is 17.4 Å². The Morgan fingerprint density at radius 2 is 2.00 bits per heavy atom. The lowest BCUT2D eigenvalue weighted by Crippen LogP contribution is -2.11. The third kappa shape index (κ3) is 3.81. The van der Waals surface area contributed by atoms with E-state index in [1.54, 1.807) is 36.5 Å². The predicted octanol–water partition coefficient (Wildman–Crippen LogP) is 4.51. The van der Waals surface area contributed by atoms with Crippen molar-refractivity contribution in [3.63, 3.8) is 0 Å². The minimum atomic E-state index is -2.85. The highest BCUT2D eigenvalue weighted by molar-refractivity contribution is 6.29. The summed E-state index contributed by atoms with van der Waals surface area (Å²) in [6.45, 7) is -0.999. The number of hydrogen-bond donors (Lipinski definition) is 1. The first-order valence-electron chi connectivity index (χ1n) is 5.98. The minimum absolute atomic E-state index is 0.155. The Bertz CT molecular complexity index is 581. The van der Waals surface area contributed by atoms with E-state index in [-0.39, 0.29) is 11.8 Å². The maximum Gasteiger partial charge on any atom is 0.387 e. The molecule has 1 aromatic heterocycles. The summed E-state index contributed by atoms with van der Waals surface area (Å²) in [7, 11) is 0. The maximum absolute atomic E-state index is 12.4. The monoisotopic (exact) mass is 298 g/mol. The topological polar surface area (TPSA) is 34.2 Å². The van der Waals surface area contributed by atoms with Crippen LogP contribution in [-0.4, -0.2) is 11.6 Å². The molecule has 3 nitrogen and oxygen atoms in total. The zero-order chi connectivity index (χ0) is 14.5. The van der Waals surface area contributed by atoms with E-state index in [1.165, 1.54) is 6.07 Å². The van der Waals surface area contributed by atoms with Crippen molar-refractivity contribution in [2.24, 2.45) is 0 Å². The molecule has 0 amide bonds. The predicted molar refractivity (Wildman–Crippen MR) is 74.4 cm³/mol. The summed E-state index contributed by atoms with van der Waals surface area (Å²) in [4.78, 5) is 3.88. The molecule has 6 heteroatoms. The van der Waals surface area contributed by atoms with Gasteiger partial charge < -0.3 is 10.1 Å². The molecular weight excluding hydrogens is 286 g/mol. The molecule has 20 heavy (non-hydrogen) atoms. The molecule has 1 atom stereocenters. The van der Waals surface area contributed by atoms with E-state index < -0.39 is 6.61 Å². The van der Waals surface area contributed by atoms with Crippen LogP contribution in [-0.2, 0) is 0 Å². The first-order valence-corrected chi connectivity index (χ1v) is 6.36. The van der Waals surface area contributed by atoms with Crippen molar-refractivity contribution in [2.75, 3.05) is 5.32 Å². The molecule has 1 N–H and O–H groups in total. The fourth-order valence-electron chi connectivity index (χ4n) is 1.86. The summed E-state index contributed by atoms with van der Waals surface area (Å²) in [5.74, 6) is 0.155. The maximum atomic E-state index is 12.4. The molecule has 0 spiro atoms. The molecule has 0 saturated carbocycles. The lowest BCUT2D eigenvalue weighted by atomic mass is 10.1. The first kappa shape index (κ1) is 14.5. The average molecular weight is 299 g/mol. The van der Waals surface area contributed by atoms with E-state index in [0.717, 1.165) is 5.69 Å². The average Bonchev–Trinajstić information content (AvgIpc) is 2.38. The Kier molecular flexibility index (Phi) is 4.74. The van der Waals surface area contributed by atoms with Crippen molar-refractivity contribution < 1.29 is 13.5 Å². The summed E-state index contributed by atoms with van der Waals surface area (Å²) >= 11 is 5.80. The normalized spacial score (nSPS) is 12.2. The SMILES string of the molecule is CC(Nc1ccnc(Cl)c1)c1ccccc1OC(F)F. The number of pyridine rings is 1. The Morgan fingerprint density at radius 3 is 2.70 bits per heavy atom. The number of anilines is 1. The second-order valence-electron chi connectivity index (χ2n) is 4.15. The van der Waals surface area contributed by atoms with E-state index in [0.29, 0.717) is 10.7 Å². The van der Waals surface area contributed by atoms with E-state index in [9.17, 15) is 8.78 Å². The Labute approximate surface area is 120 Å². The van der Waals surface area contributed by atoms with Gasteiger partial charge in [-0.1, -0.05) is 29.8 Å². The van der Waals surface area contributed by atoms with Crippen molar-refractivity contribution >= 4 is 17.3 Å². The lowest BCUT2D eigenvalue weighted by molar-refractivity contribution is -0.0505. The van der Waals surface area contributed by atoms with Crippen molar-refractivity contribution in [1.82, 2.24) is 4.98 Å². The number of nitrogens with zero attached hydrogens (tertiary/aromatic N) is 1. The quantitative estimate of drug-likeness (QED) is 0.825. The number of hydrogen-bond acceptors (Lipinski definition) is 3. The second-order valence-corrected chi connectivity index (χ2v) is 4.54. The Morgan fingerprint density at radius 1 is 1.25 bits per heavy atom. The van der Waals surface area contributed by atoms with Gasteiger partial charge in [0.2, 0.25) is 0 Å². The fraction of sp³-hybridized carbons (Fsp3) is 0.214. The van der Waals surface area contributed by atoms with Gasteiger partial charge in [-0.3, -0.25) is 0 Å². The zero-order valence-corrected chi connectivity index (χ0v) is 11.4. The number of aromatic nitrogens is 1. The van der Waals surface area contributed by atoms with Crippen molar-refractivity contribution in [2.45, 2.75) is 19.6 Å². The smallest absolute Gasteiger partial charge is 0.387 e. The van der Waals surface area contributed by atoms with Crippen molar-refractivity contribution in [1.29, 1.82) is 0 Å². The Balaban J connectivity index is 2.18. The molecule has 1 heterocycles. The van der Waals surface area contributed by atoms with Crippen molar-refractivity contribution in [3.8, 4) is 5.75 Å². The summed E-state index contributed by atoms with van der Waals surface area (Å²) in [5.41, 5.74) is 1.39. The first-order chi connectivity index (χ1) is 9.56. The van der Waals surface area contributed by atoms with Crippen LogP contribution in [0.25, 0.3) is 0 Å². The molecule has 0 aliphatic heterocycles. The number of rotatable bonds is 5. The highest BCUT2D eigenvalue weighted by atomic mass is 35.5. The number of ether oxygens (including phenoxy) is 1. The van der Waals surface area contributed by atoms with Gasteiger partial charge in [0.15, 0.2) is 0 Å². The fourth-order valence-corrected chi connectivity index (χ4v) is 2.04. The third-order valence-corrected chi connectivity index (χ3v) is 2.92. The zero-order valence-electron chi connectivity index (χ0n) is 10.7. The molecule has 0 radical (unpaired) electrons. The highest BCUT2D eigenvalue weighted by Gasteiger charge is 2.14. The standard InChI is InChI=1S/C14H13ClF2N2O/c1-9(19-10-6-7-18-13(15)8-10)11-4-2-3-5-12(11)20-14(16)17/h2-9,14H,1H3,(H,18,19).